The Morgan fingerprint density at radius 1 is 1.13 bits per heavy atom. The van der Waals surface area contributed by atoms with E-state index in [0.29, 0.717) is 19.4 Å². The zero-order valence-corrected chi connectivity index (χ0v) is 18.3. The van der Waals surface area contributed by atoms with E-state index in [4.69, 9.17) is 4.74 Å². The van der Waals surface area contributed by atoms with Crippen LogP contribution in [0.4, 0.5) is 4.39 Å². The zero-order chi connectivity index (χ0) is 22.0. The van der Waals surface area contributed by atoms with Crippen LogP contribution >= 0.6 is 0 Å². The molecule has 2 aromatic carbocycles. The number of piperidine rings is 1. The molecule has 1 aliphatic carbocycles. The first-order valence-corrected chi connectivity index (χ1v) is 12.1. The predicted molar refractivity (Wildman–Crippen MR) is 115 cm³/mol. The first-order chi connectivity index (χ1) is 14.9. The second-order valence-electron chi connectivity index (χ2n) is 8.17. The average Bonchev–Trinajstić information content (AvgIpc) is 2.79. The minimum Gasteiger partial charge on any atom is -0.497 e. The van der Waals surface area contributed by atoms with Crippen molar-refractivity contribution in [2.24, 2.45) is 5.92 Å². The number of ether oxygens (including phenoxy) is 1. The molecule has 1 aliphatic heterocycles. The lowest BCUT2D eigenvalue weighted by Gasteiger charge is -2.33. The highest BCUT2D eigenvalue weighted by Gasteiger charge is 2.34. The molecule has 8 heteroatoms. The predicted octanol–water partition coefficient (Wildman–Crippen LogP) is 3.43. The van der Waals surface area contributed by atoms with Gasteiger partial charge in [-0.3, -0.25) is 4.79 Å². The summed E-state index contributed by atoms with van der Waals surface area (Å²) in [7, 11) is -2.12. The molecule has 166 valence electrons. The SMILES string of the molecule is COc1ccc2c(c1)CCC[C@H]2NC(=O)[C@H]1CCCN(S(=O)(=O)c2ccc(F)cc2)C1. The molecule has 6 nitrogen and oxygen atoms in total. The number of carbonyl (C=O) groups is 1. The fraction of sp³-hybridized carbons (Fsp3) is 0.435. The first-order valence-electron chi connectivity index (χ1n) is 10.6. The summed E-state index contributed by atoms with van der Waals surface area (Å²) < 4.78 is 45.7. The Kier molecular flexibility index (Phi) is 6.29. The van der Waals surface area contributed by atoms with E-state index in [1.54, 1.807) is 7.11 Å². The number of rotatable bonds is 5. The van der Waals surface area contributed by atoms with Crippen LogP contribution in [0.15, 0.2) is 47.4 Å². The number of hydrogen-bond acceptors (Lipinski definition) is 4. The third-order valence-electron chi connectivity index (χ3n) is 6.19. The van der Waals surface area contributed by atoms with Crippen LogP contribution in [0.2, 0.25) is 0 Å². The highest BCUT2D eigenvalue weighted by molar-refractivity contribution is 7.89. The molecule has 1 N–H and O–H groups in total. The third-order valence-corrected chi connectivity index (χ3v) is 8.07. The maximum Gasteiger partial charge on any atom is 0.243 e. The molecule has 0 unspecified atom stereocenters. The summed E-state index contributed by atoms with van der Waals surface area (Å²) in [5.41, 5.74) is 2.28. The van der Waals surface area contributed by atoms with E-state index in [-0.39, 0.29) is 23.4 Å². The summed E-state index contributed by atoms with van der Waals surface area (Å²) in [6.45, 7) is 0.489. The van der Waals surface area contributed by atoms with Gasteiger partial charge in [-0.2, -0.15) is 4.31 Å². The number of amides is 1. The lowest BCUT2D eigenvalue weighted by molar-refractivity contribution is -0.127. The Balaban J connectivity index is 1.46. The van der Waals surface area contributed by atoms with Crippen LogP contribution in [0.3, 0.4) is 0 Å². The van der Waals surface area contributed by atoms with E-state index < -0.39 is 21.8 Å². The van der Waals surface area contributed by atoms with Gasteiger partial charge in [0.2, 0.25) is 15.9 Å². The normalized spacial score (nSPS) is 21.9. The maximum atomic E-state index is 13.2. The summed E-state index contributed by atoms with van der Waals surface area (Å²) >= 11 is 0. The first kappa shape index (κ1) is 21.8. The van der Waals surface area contributed by atoms with Crippen LogP contribution in [-0.4, -0.2) is 38.8 Å². The van der Waals surface area contributed by atoms with Gasteiger partial charge in [-0.05, 0) is 79.6 Å². The number of benzene rings is 2. The van der Waals surface area contributed by atoms with Crippen molar-refractivity contribution in [3.05, 3.63) is 59.4 Å². The molecule has 0 radical (unpaired) electrons. The molecule has 0 bridgehead atoms. The summed E-state index contributed by atoms with van der Waals surface area (Å²) in [4.78, 5) is 13.1. The van der Waals surface area contributed by atoms with Crippen molar-refractivity contribution in [3.63, 3.8) is 0 Å². The second kappa shape index (κ2) is 8.96. The van der Waals surface area contributed by atoms with Crippen LogP contribution in [0.5, 0.6) is 5.75 Å². The van der Waals surface area contributed by atoms with Crippen molar-refractivity contribution in [2.45, 2.75) is 43.0 Å². The molecule has 31 heavy (non-hydrogen) atoms. The van der Waals surface area contributed by atoms with E-state index >= 15 is 0 Å². The lowest BCUT2D eigenvalue weighted by Crippen LogP contribution is -2.46. The number of fused-ring (bicyclic) bond motifs is 1. The molecule has 1 fully saturated rings. The van der Waals surface area contributed by atoms with E-state index in [0.717, 1.165) is 42.7 Å². The zero-order valence-electron chi connectivity index (χ0n) is 17.5. The minimum atomic E-state index is -3.76. The van der Waals surface area contributed by atoms with E-state index in [1.807, 2.05) is 18.2 Å². The van der Waals surface area contributed by atoms with Gasteiger partial charge < -0.3 is 10.1 Å². The highest BCUT2D eigenvalue weighted by atomic mass is 32.2. The molecule has 1 amide bonds. The van der Waals surface area contributed by atoms with Crippen molar-refractivity contribution in [3.8, 4) is 5.75 Å². The standard InChI is InChI=1S/C23H27FN2O4S/c1-30-19-9-12-21-16(14-19)4-2-6-22(21)25-23(27)17-5-3-13-26(15-17)31(28,29)20-10-7-18(24)8-11-20/h7-12,14,17,22H,2-6,13,15H2,1H3,(H,25,27)/t17-,22+/m0/s1. The van der Waals surface area contributed by atoms with Crippen LogP contribution in [0.1, 0.15) is 42.9 Å². The average molecular weight is 447 g/mol. The molecule has 4 rings (SSSR count). The molecule has 2 aliphatic rings. The molecule has 1 heterocycles. The summed E-state index contributed by atoms with van der Waals surface area (Å²) in [5.74, 6) is -0.208. The van der Waals surface area contributed by atoms with Crippen LogP contribution < -0.4 is 10.1 Å². The number of carbonyl (C=O) groups excluding carboxylic acids is 1. The largest absolute Gasteiger partial charge is 0.497 e. The van der Waals surface area contributed by atoms with E-state index in [2.05, 4.69) is 5.32 Å². The molecule has 0 spiro atoms. The number of nitrogens with one attached hydrogen (secondary N) is 1. The Labute approximate surface area is 182 Å². The summed E-state index contributed by atoms with van der Waals surface area (Å²) in [6.07, 6.45) is 4.03. The number of halogens is 1. The lowest BCUT2D eigenvalue weighted by atomic mass is 9.87. The van der Waals surface area contributed by atoms with Gasteiger partial charge in [-0.1, -0.05) is 6.07 Å². The van der Waals surface area contributed by atoms with Crippen molar-refractivity contribution in [1.29, 1.82) is 0 Å². The fourth-order valence-electron chi connectivity index (χ4n) is 4.49. The van der Waals surface area contributed by atoms with Gasteiger partial charge >= 0.3 is 0 Å². The minimum absolute atomic E-state index is 0.0464. The quantitative estimate of drug-likeness (QED) is 0.764. The van der Waals surface area contributed by atoms with Gasteiger partial charge in [0.05, 0.1) is 24.0 Å². The van der Waals surface area contributed by atoms with Crippen LogP contribution in [-0.2, 0) is 21.2 Å². The van der Waals surface area contributed by atoms with E-state index in [1.165, 1.54) is 22.0 Å². The van der Waals surface area contributed by atoms with Gasteiger partial charge in [0.15, 0.2) is 0 Å². The highest BCUT2D eigenvalue weighted by Crippen LogP contribution is 2.33. The van der Waals surface area contributed by atoms with Crippen molar-refractivity contribution in [1.82, 2.24) is 9.62 Å². The van der Waals surface area contributed by atoms with Crippen molar-refractivity contribution in [2.75, 3.05) is 20.2 Å². The molecule has 2 aromatic rings. The van der Waals surface area contributed by atoms with Gasteiger partial charge in [0.25, 0.3) is 0 Å². The number of methoxy groups -OCH3 is 1. The Hall–Kier alpha value is -2.45. The maximum absolute atomic E-state index is 13.2. The summed E-state index contributed by atoms with van der Waals surface area (Å²) in [5, 5.41) is 3.15. The Bertz CT molecular complexity index is 1060. The van der Waals surface area contributed by atoms with Crippen molar-refractivity contribution < 1.29 is 22.3 Å². The second-order valence-corrected chi connectivity index (χ2v) is 10.1. The van der Waals surface area contributed by atoms with Crippen molar-refractivity contribution >= 4 is 15.9 Å². The number of aryl methyl sites for hydroxylation is 1. The van der Waals surface area contributed by atoms with Gasteiger partial charge in [-0.15, -0.1) is 0 Å². The smallest absolute Gasteiger partial charge is 0.243 e. The monoisotopic (exact) mass is 446 g/mol. The topological polar surface area (TPSA) is 75.7 Å². The fourth-order valence-corrected chi connectivity index (χ4v) is 6.01. The Morgan fingerprint density at radius 3 is 2.65 bits per heavy atom. The molecule has 2 atom stereocenters. The third kappa shape index (κ3) is 4.60. The van der Waals surface area contributed by atoms with E-state index in [9.17, 15) is 17.6 Å². The van der Waals surface area contributed by atoms with Crippen LogP contribution in [0.25, 0.3) is 0 Å². The molecular formula is C23H27FN2O4S. The molecule has 0 saturated carbocycles. The molecular weight excluding hydrogens is 419 g/mol. The summed E-state index contributed by atoms with van der Waals surface area (Å²) in [6, 6.07) is 10.7. The Morgan fingerprint density at radius 2 is 1.90 bits per heavy atom. The van der Waals surface area contributed by atoms with Gasteiger partial charge in [0.1, 0.15) is 11.6 Å². The molecule has 0 aromatic heterocycles. The number of nitrogens with zero attached hydrogens (tertiary/aromatic N) is 1. The number of sulfonamides is 1. The molecule has 1 saturated heterocycles. The van der Waals surface area contributed by atoms with Crippen LogP contribution in [0, 0.1) is 11.7 Å². The van der Waals surface area contributed by atoms with Gasteiger partial charge in [-0.25, -0.2) is 12.8 Å². The number of hydrogen-bond donors (Lipinski definition) is 1. The van der Waals surface area contributed by atoms with Gasteiger partial charge in [0, 0.05) is 13.1 Å².